The summed E-state index contributed by atoms with van der Waals surface area (Å²) in [6.45, 7) is 16.0. The second-order valence-corrected chi connectivity index (χ2v) is 8.28. The molecule has 0 aliphatic carbocycles. The van der Waals surface area contributed by atoms with Crippen molar-refractivity contribution in [1.29, 1.82) is 5.26 Å². The van der Waals surface area contributed by atoms with Crippen molar-refractivity contribution >= 4 is 8.53 Å². The summed E-state index contributed by atoms with van der Waals surface area (Å²) < 4.78 is 35.7. The Morgan fingerprint density at radius 1 is 0.690 bits per heavy atom. The average molecular weight is 437 g/mol. The Kier molecular flexibility index (Phi) is 20.6. The second kappa shape index (κ2) is 20.9. The highest BCUT2D eigenvalue weighted by Crippen LogP contribution is 2.45. The lowest BCUT2D eigenvalue weighted by molar-refractivity contribution is -0.00507. The molecule has 0 aliphatic heterocycles. The van der Waals surface area contributed by atoms with Gasteiger partial charge < -0.3 is 28.0 Å². The molecule has 0 amide bonds. The fourth-order valence-electron chi connectivity index (χ4n) is 2.39. The van der Waals surface area contributed by atoms with Gasteiger partial charge in [-0.2, -0.15) is 5.26 Å². The Balaban J connectivity index is 3.77. The van der Waals surface area contributed by atoms with Crippen LogP contribution in [-0.4, -0.2) is 82.8 Å². The largest absolute Gasteiger partial charge is 0.379 e. The summed E-state index contributed by atoms with van der Waals surface area (Å²) in [6.07, 6.45) is 1.38. The molecule has 172 valence electrons. The molecule has 0 saturated heterocycles. The number of hydrogen-bond acceptors (Lipinski definition) is 8. The van der Waals surface area contributed by atoms with Crippen LogP contribution in [0.4, 0.5) is 0 Å². The minimum absolute atomic E-state index is 0.290. The average Bonchev–Trinajstić information content (AvgIpc) is 2.67. The Hall–Kier alpha value is -0.360. The maximum Gasteiger partial charge on any atom is 0.259 e. The molecule has 0 aliphatic rings. The first-order valence-corrected chi connectivity index (χ1v) is 11.7. The van der Waals surface area contributed by atoms with Gasteiger partial charge in [0.05, 0.1) is 72.0 Å². The van der Waals surface area contributed by atoms with E-state index in [1.807, 2.05) is 0 Å². The zero-order chi connectivity index (χ0) is 21.7. The molecule has 0 bridgehead atoms. The monoisotopic (exact) mass is 436 g/mol. The molecule has 0 spiro atoms. The van der Waals surface area contributed by atoms with Crippen molar-refractivity contribution in [3.63, 3.8) is 0 Å². The first kappa shape index (κ1) is 28.6. The smallest absolute Gasteiger partial charge is 0.259 e. The third-order valence-electron chi connectivity index (χ3n) is 3.56. The van der Waals surface area contributed by atoms with Crippen LogP contribution in [0.25, 0.3) is 0 Å². The van der Waals surface area contributed by atoms with Crippen molar-refractivity contribution in [3.05, 3.63) is 0 Å². The minimum atomic E-state index is -1.21. The van der Waals surface area contributed by atoms with Gasteiger partial charge in [-0.1, -0.05) is 6.92 Å². The molecule has 1 unspecified atom stereocenters. The van der Waals surface area contributed by atoms with E-state index in [0.29, 0.717) is 65.9 Å². The number of ether oxygens (including phenoxy) is 4. The van der Waals surface area contributed by atoms with E-state index in [9.17, 15) is 0 Å². The highest BCUT2D eigenvalue weighted by Gasteiger charge is 2.26. The molecule has 0 fully saturated rings. The van der Waals surface area contributed by atoms with Gasteiger partial charge in [0, 0.05) is 18.7 Å². The summed E-state index contributed by atoms with van der Waals surface area (Å²) in [5, 5.41) is 8.72. The molecule has 0 aromatic heterocycles. The molecule has 0 radical (unpaired) electrons. The van der Waals surface area contributed by atoms with Gasteiger partial charge in [0.2, 0.25) is 0 Å². The van der Waals surface area contributed by atoms with Crippen LogP contribution in [0, 0.1) is 11.3 Å². The fourth-order valence-corrected chi connectivity index (χ4v) is 3.97. The van der Waals surface area contributed by atoms with E-state index in [1.54, 1.807) is 0 Å². The lowest BCUT2D eigenvalue weighted by Crippen LogP contribution is -2.34. The van der Waals surface area contributed by atoms with Crippen molar-refractivity contribution in [2.75, 3.05) is 66.1 Å². The van der Waals surface area contributed by atoms with E-state index < -0.39 is 8.53 Å². The highest BCUT2D eigenvalue weighted by molar-refractivity contribution is 7.44. The molecule has 9 heteroatoms. The first-order valence-electron chi connectivity index (χ1n) is 10.6. The van der Waals surface area contributed by atoms with Gasteiger partial charge in [-0.15, -0.1) is 0 Å². The van der Waals surface area contributed by atoms with E-state index in [-0.39, 0.29) is 12.1 Å². The SMILES string of the molecule is CCCOCCOCCOCCOCCOP(OCCC#N)N(C(C)C)C(C)C. The predicted molar refractivity (Wildman–Crippen MR) is 115 cm³/mol. The Bertz CT molecular complexity index is 388. The topological polar surface area (TPSA) is 82.4 Å². The lowest BCUT2D eigenvalue weighted by atomic mass is 10.3. The molecule has 0 saturated carbocycles. The quantitative estimate of drug-likeness (QED) is 0.199. The van der Waals surface area contributed by atoms with Gasteiger partial charge in [-0.3, -0.25) is 0 Å². The number of nitriles is 1. The molecule has 0 N–H and O–H groups in total. The van der Waals surface area contributed by atoms with Crippen molar-refractivity contribution < 1.29 is 28.0 Å². The summed E-state index contributed by atoms with van der Waals surface area (Å²) in [5.41, 5.74) is 0. The van der Waals surface area contributed by atoms with E-state index in [0.717, 1.165) is 13.0 Å². The Labute approximate surface area is 178 Å². The molecule has 29 heavy (non-hydrogen) atoms. The zero-order valence-electron chi connectivity index (χ0n) is 18.9. The minimum Gasteiger partial charge on any atom is -0.379 e. The molecule has 8 nitrogen and oxygen atoms in total. The number of hydrogen-bond donors (Lipinski definition) is 0. The van der Waals surface area contributed by atoms with Crippen LogP contribution in [0.5, 0.6) is 0 Å². The third kappa shape index (κ3) is 17.1. The van der Waals surface area contributed by atoms with Gasteiger partial charge in [0.1, 0.15) is 0 Å². The van der Waals surface area contributed by atoms with Crippen molar-refractivity contribution in [1.82, 2.24) is 4.67 Å². The summed E-state index contributed by atoms with van der Waals surface area (Å²) in [6, 6.07) is 2.68. The van der Waals surface area contributed by atoms with Crippen molar-refractivity contribution in [2.24, 2.45) is 0 Å². The molecule has 0 aromatic carbocycles. The lowest BCUT2D eigenvalue weighted by Gasteiger charge is -2.35. The third-order valence-corrected chi connectivity index (χ3v) is 5.66. The summed E-state index contributed by atoms with van der Waals surface area (Å²) in [7, 11) is -1.21. The molecule has 0 aromatic rings. The van der Waals surface area contributed by atoms with Crippen LogP contribution < -0.4 is 0 Å². The van der Waals surface area contributed by atoms with E-state index >= 15 is 0 Å². The van der Waals surface area contributed by atoms with Gasteiger partial charge >= 0.3 is 0 Å². The number of rotatable bonds is 21. The van der Waals surface area contributed by atoms with Crippen molar-refractivity contribution in [2.45, 2.75) is 59.5 Å². The molecular weight excluding hydrogens is 395 g/mol. The standard InChI is InChI=1S/C20H41N2O6P/c1-6-9-23-11-12-24-13-14-25-15-16-26-17-18-28-29(27-10-7-8-21)22(19(2)3)20(4)5/h19-20H,6-7,9-18H2,1-5H3. The molecule has 0 rings (SSSR count). The Morgan fingerprint density at radius 3 is 1.52 bits per heavy atom. The van der Waals surface area contributed by atoms with E-state index in [4.69, 9.17) is 33.3 Å². The number of nitrogens with zero attached hydrogens (tertiary/aromatic N) is 2. The normalized spacial score (nSPS) is 12.8. The maximum atomic E-state index is 8.72. The maximum absolute atomic E-state index is 8.72. The molecule has 0 heterocycles. The van der Waals surface area contributed by atoms with E-state index in [1.165, 1.54) is 0 Å². The second-order valence-electron chi connectivity index (χ2n) is 6.83. The molecule has 1 atom stereocenters. The van der Waals surface area contributed by atoms with Crippen LogP contribution in [0.3, 0.4) is 0 Å². The summed E-state index contributed by atoms with van der Waals surface area (Å²) in [5.74, 6) is 0. The van der Waals surface area contributed by atoms with Crippen LogP contribution in [0.1, 0.15) is 47.5 Å². The summed E-state index contributed by atoms with van der Waals surface area (Å²) >= 11 is 0. The van der Waals surface area contributed by atoms with Crippen LogP contribution in [0.15, 0.2) is 0 Å². The molecular formula is C20H41N2O6P. The van der Waals surface area contributed by atoms with Gasteiger partial charge in [0.15, 0.2) is 0 Å². The van der Waals surface area contributed by atoms with Gasteiger partial charge in [0.25, 0.3) is 8.53 Å². The zero-order valence-corrected chi connectivity index (χ0v) is 19.8. The van der Waals surface area contributed by atoms with Crippen LogP contribution >= 0.6 is 8.53 Å². The van der Waals surface area contributed by atoms with Crippen molar-refractivity contribution in [3.8, 4) is 6.07 Å². The van der Waals surface area contributed by atoms with Crippen LogP contribution in [0.2, 0.25) is 0 Å². The highest BCUT2D eigenvalue weighted by atomic mass is 31.2. The van der Waals surface area contributed by atoms with E-state index in [2.05, 4.69) is 45.4 Å². The fraction of sp³-hybridized carbons (Fsp3) is 0.950. The predicted octanol–water partition coefficient (Wildman–Crippen LogP) is 3.76. The first-order chi connectivity index (χ1) is 14.0. The van der Waals surface area contributed by atoms with Gasteiger partial charge in [-0.05, 0) is 34.1 Å². The summed E-state index contributed by atoms with van der Waals surface area (Å²) in [4.78, 5) is 0. The van der Waals surface area contributed by atoms with Crippen LogP contribution in [-0.2, 0) is 28.0 Å². The Morgan fingerprint density at radius 2 is 1.10 bits per heavy atom. The van der Waals surface area contributed by atoms with Gasteiger partial charge in [-0.25, -0.2) is 4.67 Å².